The summed E-state index contributed by atoms with van der Waals surface area (Å²) in [6, 6.07) is 2.81. The second-order valence-electron chi connectivity index (χ2n) is 9.64. The fourth-order valence-electron chi connectivity index (χ4n) is 4.56. The first-order chi connectivity index (χ1) is 20.7. The van der Waals surface area contributed by atoms with Gasteiger partial charge in [-0.25, -0.2) is 18.8 Å². The standard InChI is InChI=1S/C21H26N6O15P2.Na/c22-17(32)9-2-1-3-26(4-9)20-15(30)13(28)10(40-20)5-38-43(34,35)42-44(36,37)39-6-11-14(29)16(31)21(41-11)27-8-25-12-18(27)23-7-24-19(12)33;/h1-4,7-8,10-11,13-16,20-21,28-31H,5-6H2,(H4-,22,23,24,32,33,34,35,36,37);/t10-,11-,13-,14-,15-,16-,20-,21-;/m1./s1. The van der Waals surface area contributed by atoms with Gasteiger partial charge >= 0.3 is 7.82 Å². The van der Waals surface area contributed by atoms with Gasteiger partial charge in [0.2, 0.25) is 0 Å². The van der Waals surface area contributed by atoms with Crippen LogP contribution in [0.4, 0.5) is 0 Å². The first-order valence-corrected chi connectivity index (χ1v) is 15.5. The third kappa shape index (κ3) is 7.77. The number of carbonyl (C=O) groups is 1. The molecule has 8 N–H and O–H groups in total. The molecule has 0 aliphatic carbocycles. The number of primary amides is 1. The predicted molar refractivity (Wildman–Crippen MR) is 141 cm³/mol. The van der Waals surface area contributed by atoms with Crippen molar-refractivity contribution in [1.82, 2.24) is 19.5 Å². The molecule has 3 aromatic rings. The van der Waals surface area contributed by atoms with E-state index in [9.17, 15) is 48.9 Å². The molecule has 5 heterocycles. The number of nitrogens with one attached hydrogen (secondary N) is 1. The molecule has 24 heteroatoms. The molecule has 1 radical (unpaired) electrons. The van der Waals surface area contributed by atoms with Crippen molar-refractivity contribution in [3.8, 4) is 0 Å². The van der Waals surface area contributed by atoms with Gasteiger partial charge in [-0.15, -0.1) is 0 Å². The van der Waals surface area contributed by atoms with E-state index in [0.717, 1.165) is 17.2 Å². The maximum absolute atomic E-state index is 12.4. The van der Waals surface area contributed by atoms with Gasteiger partial charge in [-0.2, -0.15) is 4.57 Å². The number of imidazole rings is 1. The van der Waals surface area contributed by atoms with Crippen LogP contribution in [0.2, 0.25) is 0 Å². The molecule has 0 aromatic carbocycles. The molecule has 45 heavy (non-hydrogen) atoms. The molecule has 2 aliphatic heterocycles. The fraction of sp³-hybridized carbons (Fsp3) is 0.476. The van der Waals surface area contributed by atoms with Crippen LogP contribution in [0, 0.1) is 0 Å². The summed E-state index contributed by atoms with van der Waals surface area (Å²) in [6.07, 6.45) is -7.46. The Morgan fingerprint density at radius 2 is 1.76 bits per heavy atom. The Morgan fingerprint density at radius 1 is 1.09 bits per heavy atom. The van der Waals surface area contributed by atoms with Crippen molar-refractivity contribution in [2.24, 2.45) is 5.73 Å². The molecule has 0 saturated carbocycles. The largest absolute Gasteiger partial charge is 0.756 e. The zero-order valence-electron chi connectivity index (χ0n) is 23.1. The van der Waals surface area contributed by atoms with Crippen LogP contribution in [0.1, 0.15) is 22.8 Å². The van der Waals surface area contributed by atoms with Crippen LogP contribution in [-0.4, -0.2) is 130 Å². The number of H-pyrrole nitrogens is 1. The van der Waals surface area contributed by atoms with Gasteiger partial charge in [-0.1, -0.05) is 0 Å². The summed E-state index contributed by atoms with van der Waals surface area (Å²) in [5.74, 6) is -0.778. The molecule has 2 fully saturated rings. The van der Waals surface area contributed by atoms with Crippen LogP contribution in [0.25, 0.3) is 11.2 Å². The summed E-state index contributed by atoms with van der Waals surface area (Å²) in [7, 11) is -11.1. The SMILES string of the molecule is NC(=O)c1ccc[n+]([C@@H]2O[C@H](COP(=O)([O-])OP(=O)(O)OC[C@H]3O[C@@H](n4cnc5c(=O)[nH]cnc54)[C@H](O)[C@@H]3O)[C@@H](O)[C@H]2O)c1.[Na]. The molecule has 0 bridgehead atoms. The number of phosphoric ester groups is 2. The van der Waals surface area contributed by atoms with E-state index in [1.165, 1.54) is 29.1 Å². The number of pyridine rings is 1. The molecule has 0 spiro atoms. The Morgan fingerprint density at radius 3 is 2.47 bits per heavy atom. The molecule has 2 unspecified atom stereocenters. The topological polar surface area (TPSA) is 315 Å². The minimum atomic E-state index is -5.63. The van der Waals surface area contributed by atoms with Gasteiger partial charge in [0, 0.05) is 35.6 Å². The van der Waals surface area contributed by atoms with Crippen molar-refractivity contribution in [2.75, 3.05) is 13.2 Å². The smallest absolute Gasteiger partial charge is 0.478 e. The van der Waals surface area contributed by atoms with Gasteiger partial charge in [0.05, 0.1) is 25.9 Å². The zero-order chi connectivity index (χ0) is 32.0. The van der Waals surface area contributed by atoms with E-state index in [2.05, 4.69) is 28.3 Å². The quantitative estimate of drug-likeness (QED) is 0.0569. The molecule has 3 aromatic heterocycles. The number of hydrogen-bond donors (Lipinski definition) is 7. The average Bonchev–Trinajstić information content (AvgIpc) is 3.61. The van der Waals surface area contributed by atoms with Gasteiger partial charge in [-0.05, 0) is 6.07 Å². The van der Waals surface area contributed by atoms with E-state index in [1.807, 2.05) is 0 Å². The normalized spacial score (nSPS) is 30.9. The van der Waals surface area contributed by atoms with Crippen molar-refractivity contribution in [1.29, 1.82) is 0 Å². The van der Waals surface area contributed by atoms with Crippen molar-refractivity contribution in [2.45, 2.75) is 49.1 Å². The number of aliphatic hydroxyl groups is 4. The zero-order valence-corrected chi connectivity index (χ0v) is 26.9. The molecule has 1 amide bonds. The first kappa shape index (κ1) is 35.8. The van der Waals surface area contributed by atoms with Crippen LogP contribution >= 0.6 is 15.6 Å². The van der Waals surface area contributed by atoms with Crippen LogP contribution in [0.3, 0.4) is 0 Å². The molecule has 2 saturated heterocycles. The summed E-state index contributed by atoms with van der Waals surface area (Å²) in [6.45, 7) is -1.93. The minimum absolute atomic E-state index is 0. The van der Waals surface area contributed by atoms with E-state index in [4.69, 9.17) is 15.2 Å². The number of phosphoric acid groups is 2. The monoisotopic (exact) mass is 687 g/mol. The predicted octanol–water partition coefficient (Wildman–Crippen LogP) is -4.32. The van der Waals surface area contributed by atoms with Crippen molar-refractivity contribution in [3.63, 3.8) is 0 Å². The molecular weight excluding hydrogens is 661 g/mol. The van der Waals surface area contributed by atoms with E-state index >= 15 is 0 Å². The summed E-state index contributed by atoms with van der Waals surface area (Å²) >= 11 is 0. The Balaban J connectivity index is 0.00000461. The van der Waals surface area contributed by atoms with Crippen molar-refractivity contribution in [3.05, 3.63) is 53.1 Å². The summed E-state index contributed by atoms with van der Waals surface area (Å²) < 4.78 is 51.3. The molecule has 10 atom stereocenters. The number of carbonyl (C=O) groups excluding carboxylic acids is 1. The molecule has 241 valence electrons. The number of rotatable bonds is 11. The Labute approximate surface area is 273 Å². The van der Waals surface area contributed by atoms with Crippen LogP contribution < -0.4 is 20.8 Å². The van der Waals surface area contributed by atoms with Gasteiger partial charge in [0.1, 0.15) is 36.1 Å². The maximum atomic E-state index is 12.4. The number of fused-ring (bicyclic) bond motifs is 1. The van der Waals surface area contributed by atoms with Crippen LogP contribution in [0.5, 0.6) is 0 Å². The van der Waals surface area contributed by atoms with E-state index in [1.54, 1.807) is 0 Å². The van der Waals surface area contributed by atoms with Gasteiger partial charge in [0.25, 0.3) is 25.5 Å². The molecule has 2 aliphatic rings. The summed E-state index contributed by atoms with van der Waals surface area (Å²) in [5.41, 5.74) is 4.61. The average molecular weight is 687 g/mol. The number of aromatic nitrogens is 5. The Bertz CT molecular complexity index is 1690. The first-order valence-electron chi connectivity index (χ1n) is 12.6. The van der Waals surface area contributed by atoms with Crippen molar-refractivity contribution < 1.29 is 71.5 Å². The van der Waals surface area contributed by atoms with Crippen LogP contribution in [-0.2, 0) is 32.0 Å². The Kier molecular flexibility index (Phi) is 11.1. The molecular formula is C21H26N6NaO15P2. The van der Waals surface area contributed by atoms with E-state index in [-0.39, 0.29) is 46.3 Å². The van der Waals surface area contributed by atoms with Gasteiger partial charge in [-0.3, -0.25) is 23.2 Å². The number of aromatic amines is 1. The third-order valence-electron chi connectivity index (χ3n) is 6.72. The molecule has 21 nitrogen and oxygen atoms in total. The maximum Gasteiger partial charge on any atom is 0.478 e. The second kappa shape index (κ2) is 14.0. The number of amides is 1. The number of ether oxygens (including phenoxy) is 2. The van der Waals surface area contributed by atoms with E-state index in [0.29, 0.717) is 0 Å². The molecule has 5 rings (SSSR count). The number of nitrogens with zero attached hydrogens (tertiary/aromatic N) is 4. The second-order valence-corrected chi connectivity index (χ2v) is 12.6. The number of nitrogens with two attached hydrogens (primary N) is 1. The number of hydrogen-bond acceptors (Lipinski definition) is 16. The Hall–Kier alpha value is -2.01. The van der Waals surface area contributed by atoms with Gasteiger partial charge < -0.3 is 54.9 Å². The summed E-state index contributed by atoms with van der Waals surface area (Å²) in [4.78, 5) is 55.7. The van der Waals surface area contributed by atoms with Gasteiger partial charge in [0.15, 0.2) is 35.9 Å². The summed E-state index contributed by atoms with van der Waals surface area (Å²) in [5, 5.41) is 41.5. The third-order valence-corrected chi connectivity index (χ3v) is 9.28. The minimum Gasteiger partial charge on any atom is -0.756 e. The fourth-order valence-corrected chi connectivity index (χ4v) is 6.61. The van der Waals surface area contributed by atoms with E-state index < -0.39 is 89.4 Å². The van der Waals surface area contributed by atoms with Crippen molar-refractivity contribution >= 4 is 62.3 Å². The van der Waals surface area contributed by atoms with Crippen LogP contribution in [0.15, 0.2) is 42.0 Å². The number of aliphatic hydroxyl groups excluding tert-OH is 4.